The maximum Gasteiger partial charge on any atom is 0.322 e. The standard InChI is InChI=1S/C10H12ClNO2/c1-14-10(13)9(12)6-7-3-2-4-8(11)5-7/h2-5,9H,6,12H2,1H3. The SMILES string of the molecule is COC(=O)C(N)Cc1cccc(Cl)c1. The molecule has 1 aromatic carbocycles. The van der Waals surface area contributed by atoms with E-state index in [9.17, 15) is 4.79 Å². The first kappa shape index (κ1) is 11.0. The highest BCUT2D eigenvalue weighted by Crippen LogP contribution is 2.11. The Bertz CT molecular complexity index is 328. The van der Waals surface area contributed by atoms with Gasteiger partial charge in [0.25, 0.3) is 0 Å². The van der Waals surface area contributed by atoms with Crippen molar-refractivity contribution < 1.29 is 9.53 Å². The molecule has 3 nitrogen and oxygen atoms in total. The van der Waals surface area contributed by atoms with Crippen molar-refractivity contribution in [3.05, 3.63) is 34.9 Å². The molecule has 0 heterocycles. The van der Waals surface area contributed by atoms with E-state index < -0.39 is 12.0 Å². The average molecular weight is 214 g/mol. The van der Waals surface area contributed by atoms with Crippen LogP contribution < -0.4 is 5.73 Å². The number of ether oxygens (including phenoxy) is 1. The van der Waals surface area contributed by atoms with Crippen molar-refractivity contribution in [1.29, 1.82) is 0 Å². The van der Waals surface area contributed by atoms with Gasteiger partial charge in [-0.3, -0.25) is 4.79 Å². The van der Waals surface area contributed by atoms with Gasteiger partial charge in [0.15, 0.2) is 0 Å². The zero-order valence-corrected chi connectivity index (χ0v) is 8.62. The third kappa shape index (κ3) is 3.01. The lowest BCUT2D eigenvalue weighted by molar-refractivity contribution is -0.142. The topological polar surface area (TPSA) is 52.3 Å². The lowest BCUT2D eigenvalue weighted by atomic mass is 10.1. The van der Waals surface area contributed by atoms with E-state index in [-0.39, 0.29) is 0 Å². The van der Waals surface area contributed by atoms with E-state index in [0.29, 0.717) is 11.4 Å². The summed E-state index contributed by atoms with van der Waals surface area (Å²) >= 11 is 5.78. The summed E-state index contributed by atoms with van der Waals surface area (Å²) in [6.07, 6.45) is 0.438. The van der Waals surface area contributed by atoms with Gasteiger partial charge in [-0.1, -0.05) is 23.7 Å². The second-order valence-corrected chi connectivity index (χ2v) is 3.40. The quantitative estimate of drug-likeness (QED) is 0.772. The van der Waals surface area contributed by atoms with Gasteiger partial charge >= 0.3 is 5.97 Å². The Kier molecular flexibility index (Phi) is 3.92. The highest BCUT2D eigenvalue weighted by Gasteiger charge is 2.13. The van der Waals surface area contributed by atoms with Gasteiger partial charge in [-0.25, -0.2) is 0 Å². The monoisotopic (exact) mass is 213 g/mol. The molecule has 0 fully saturated rings. The lowest BCUT2D eigenvalue weighted by Gasteiger charge is -2.08. The van der Waals surface area contributed by atoms with Crippen LogP contribution in [0.25, 0.3) is 0 Å². The molecule has 76 valence electrons. The number of carbonyl (C=O) groups is 1. The Morgan fingerprint density at radius 1 is 1.64 bits per heavy atom. The number of hydrogen-bond donors (Lipinski definition) is 1. The molecule has 1 unspecified atom stereocenters. The largest absolute Gasteiger partial charge is 0.468 e. The number of benzene rings is 1. The molecule has 0 radical (unpaired) electrons. The van der Waals surface area contributed by atoms with Crippen molar-refractivity contribution in [2.45, 2.75) is 12.5 Å². The molecule has 0 bridgehead atoms. The van der Waals surface area contributed by atoms with Crippen LogP contribution in [0, 0.1) is 0 Å². The maximum absolute atomic E-state index is 11.0. The van der Waals surface area contributed by atoms with Crippen molar-refractivity contribution in [3.63, 3.8) is 0 Å². The van der Waals surface area contributed by atoms with Crippen LogP contribution in [0.4, 0.5) is 0 Å². The van der Waals surface area contributed by atoms with Crippen LogP contribution in [-0.4, -0.2) is 19.1 Å². The van der Waals surface area contributed by atoms with Gasteiger partial charge in [-0.2, -0.15) is 0 Å². The molecule has 4 heteroatoms. The summed E-state index contributed by atoms with van der Waals surface area (Å²) in [7, 11) is 1.32. The van der Waals surface area contributed by atoms with Crippen molar-refractivity contribution in [3.8, 4) is 0 Å². The fraction of sp³-hybridized carbons (Fsp3) is 0.300. The molecule has 0 aromatic heterocycles. The smallest absolute Gasteiger partial charge is 0.322 e. The number of rotatable bonds is 3. The van der Waals surface area contributed by atoms with Crippen LogP contribution in [0.1, 0.15) is 5.56 Å². The molecule has 0 aliphatic heterocycles. The number of carbonyl (C=O) groups excluding carboxylic acids is 1. The third-order valence-corrected chi connectivity index (χ3v) is 2.08. The van der Waals surface area contributed by atoms with E-state index in [0.717, 1.165) is 5.56 Å². The summed E-state index contributed by atoms with van der Waals surface area (Å²) in [5.74, 6) is -0.412. The number of nitrogens with two attached hydrogens (primary N) is 1. The second kappa shape index (κ2) is 4.98. The molecule has 14 heavy (non-hydrogen) atoms. The number of halogens is 1. The summed E-state index contributed by atoms with van der Waals surface area (Å²) in [4.78, 5) is 11.0. The number of methoxy groups -OCH3 is 1. The molecule has 1 rings (SSSR count). The maximum atomic E-state index is 11.0. The summed E-state index contributed by atoms with van der Waals surface area (Å²) in [5, 5.41) is 0.638. The summed E-state index contributed by atoms with van der Waals surface area (Å²) < 4.78 is 4.52. The molecule has 0 saturated heterocycles. The highest BCUT2D eigenvalue weighted by atomic mass is 35.5. The number of hydrogen-bond acceptors (Lipinski definition) is 3. The van der Waals surface area contributed by atoms with Crippen LogP contribution in [-0.2, 0) is 16.0 Å². The van der Waals surface area contributed by atoms with Crippen molar-refractivity contribution in [2.75, 3.05) is 7.11 Å². The van der Waals surface area contributed by atoms with E-state index in [1.54, 1.807) is 12.1 Å². The number of esters is 1. The third-order valence-electron chi connectivity index (χ3n) is 1.85. The van der Waals surface area contributed by atoms with Crippen LogP contribution >= 0.6 is 11.6 Å². The zero-order chi connectivity index (χ0) is 10.6. The van der Waals surface area contributed by atoms with Crippen LogP contribution in [0.15, 0.2) is 24.3 Å². The Morgan fingerprint density at radius 3 is 2.93 bits per heavy atom. The minimum Gasteiger partial charge on any atom is -0.468 e. The van der Waals surface area contributed by atoms with E-state index in [2.05, 4.69) is 4.74 Å². The zero-order valence-electron chi connectivity index (χ0n) is 7.87. The second-order valence-electron chi connectivity index (χ2n) is 2.96. The van der Waals surface area contributed by atoms with Crippen molar-refractivity contribution >= 4 is 17.6 Å². The molecule has 0 spiro atoms. The van der Waals surface area contributed by atoms with Crippen molar-refractivity contribution in [2.24, 2.45) is 5.73 Å². The van der Waals surface area contributed by atoms with Gasteiger partial charge in [-0.15, -0.1) is 0 Å². The average Bonchev–Trinajstić information content (AvgIpc) is 2.16. The van der Waals surface area contributed by atoms with Crippen LogP contribution in [0.2, 0.25) is 5.02 Å². The first-order valence-electron chi connectivity index (χ1n) is 4.21. The molecule has 0 aliphatic rings. The predicted molar refractivity (Wildman–Crippen MR) is 55.1 cm³/mol. The van der Waals surface area contributed by atoms with Gasteiger partial charge in [0.2, 0.25) is 0 Å². The summed E-state index contributed by atoms with van der Waals surface area (Å²) in [5.41, 5.74) is 6.52. The summed E-state index contributed by atoms with van der Waals surface area (Å²) in [6.45, 7) is 0. The lowest BCUT2D eigenvalue weighted by Crippen LogP contribution is -2.33. The van der Waals surface area contributed by atoms with Gasteiger partial charge in [0.1, 0.15) is 6.04 Å². The first-order valence-corrected chi connectivity index (χ1v) is 4.59. The van der Waals surface area contributed by atoms with Gasteiger partial charge < -0.3 is 10.5 Å². The minimum atomic E-state index is -0.626. The van der Waals surface area contributed by atoms with Crippen LogP contribution in [0.5, 0.6) is 0 Å². The van der Waals surface area contributed by atoms with Crippen molar-refractivity contribution in [1.82, 2.24) is 0 Å². The minimum absolute atomic E-state index is 0.412. The molecule has 0 aliphatic carbocycles. The molecule has 2 N–H and O–H groups in total. The Morgan fingerprint density at radius 2 is 2.36 bits per heavy atom. The van der Waals surface area contributed by atoms with Crippen LogP contribution in [0.3, 0.4) is 0 Å². The molecular weight excluding hydrogens is 202 g/mol. The first-order chi connectivity index (χ1) is 6.63. The van der Waals surface area contributed by atoms with E-state index in [1.807, 2.05) is 12.1 Å². The van der Waals surface area contributed by atoms with Gasteiger partial charge in [0.05, 0.1) is 7.11 Å². The van der Waals surface area contributed by atoms with Gasteiger partial charge in [-0.05, 0) is 24.1 Å². The Hall–Kier alpha value is -1.06. The Labute approximate surface area is 87.8 Å². The normalized spacial score (nSPS) is 12.2. The molecule has 1 aromatic rings. The van der Waals surface area contributed by atoms with E-state index in [4.69, 9.17) is 17.3 Å². The molecule has 0 saturated carbocycles. The van der Waals surface area contributed by atoms with E-state index >= 15 is 0 Å². The molecule has 0 amide bonds. The van der Waals surface area contributed by atoms with E-state index in [1.165, 1.54) is 7.11 Å². The molecular formula is C10H12ClNO2. The summed E-state index contributed by atoms with van der Waals surface area (Å²) in [6, 6.07) is 6.62. The highest BCUT2D eigenvalue weighted by molar-refractivity contribution is 6.30. The van der Waals surface area contributed by atoms with Gasteiger partial charge in [0, 0.05) is 5.02 Å². The fourth-order valence-corrected chi connectivity index (χ4v) is 1.37. The fourth-order valence-electron chi connectivity index (χ4n) is 1.15. The molecule has 1 atom stereocenters. The Balaban J connectivity index is 2.64. The predicted octanol–water partition coefficient (Wildman–Crippen LogP) is 1.38.